The Labute approximate surface area is 339 Å². The van der Waals surface area contributed by atoms with Gasteiger partial charge in [-0.05, 0) is 96.0 Å². The average molecular weight is 771 g/mol. The van der Waals surface area contributed by atoms with Crippen molar-refractivity contribution in [3.8, 4) is 0 Å². The number of aryl methyl sites for hydroxylation is 1. The van der Waals surface area contributed by atoms with Gasteiger partial charge in [-0.2, -0.15) is 0 Å². The Morgan fingerprint density at radius 2 is 1.46 bits per heavy atom. The summed E-state index contributed by atoms with van der Waals surface area (Å²) >= 11 is 4.00. The molecule has 2 aromatic heterocycles. The van der Waals surface area contributed by atoms with Crippen molar-refractivity contribution >= 4 is 85.6 Å². The van der Waals surface area contributed by atoms with Crippen LogP contribution in [0.3, 0.4) is 0 Å². The summed E-state index contributed by atoms with van der Waals surface area (Å²) in [7, 11) is 0. The summed E-state index contributed by atoms with van der Waals surface area (Å²) in [5.41, 5.74) is 12.9. The molecular formula is C51H38N4S2. The van der Waals surface area contributed by atoms with E-state index in [0.29, 0.717) is 11.2 Å². The molecule has 0 saturated heterocycles. The third kappa shape index (κ3) is 5.49. The monoisotopic (exact) mass is 770 g/mol. The Kier molecular flexibility index (Phi) is 7.77. The largest absolute Gasteiger partial charge is 0.344 e. The first-order chi connectivity index (χ1) is 28.2. The number of amidine groups is 2. The fourth-order valence-electron chi connectivity index (χ4n) is 9.53. The molecule has 4 heterocycles. The van der Waals surface area contributed by atoms with E-state index in [4.69, 9.17) is 9.98 Å². The van der Waals surface area contributed by atoms with Crippen molar-refractivity contribution in [1.29, 1.82) is 0 Å². The Balaban J connectivity index is 0.905. The molecule has 274 valence electrons. The molecule has 0 amide bonds. The van der Waals surface area contributed by atoms with Crippen LogP contribution in [0.4, 0.5) is 0 Å². The SMILES string of the molecule is C1=CC2c3cc(C4=Cc5c(sc6c5=C(C5N=C(c7ccccc7)N=C(c7ccccc7)N5)CCC=6)CC4)ccc3SC2C=C1n1c2ccccc2c2ccccc21. The maximum absolute atomic E-state index is 5.32. The zero-order chi connectivity index (χ0) is 37.5. The standard InChI is InChI=1S/C51H38N4S2/c1-3-12-31(13-4-1)49-52-50(32-14-5-2-6-15-32)54-51(53-49)39-18-11-21-46-48(39)41-29-34(23-27-45(41)56-46)33-22-26-44-40(28-33)38-25-24-35(30-47(38)57-44)55-42-19-9-7-16-36(42)37-17-8-10-20-43(37)55/h1-10,12-17,19-22,24-26,28-30,38,47,51H,11,18,23,27H2,(H,52,53,54). The number of aromatic nitrogens is 1. The molecule has 0 saturated carbocycles. The molecule has 0 spiro atoms. The summed E-state index contributed by atoms with van der Waals surface area (Å²) in [6, 6.07) is 45.7. The Hall–Kier alpha value is -5.95. The van der Waals surface area contributed by atoms with Crippen molar-refractivity contribution in [2.24, 2.45) is 9.98 Å². The van der Waals surface area contributed by atoms with E-state index in [-0.39, 0.29) is 6.17 Å². The van der Waals surface area contributed by atoms with Crippen molar-refractivity contribution < 1.29 is 0 Å². The van der Waals surface area contributed by atoms with E-state index in [1.165, 1.54) is 74.9 Å². The quantitative estimate of drug-likeness (QED) is 0.189. The molecule has 6 heteroatoms. The zero-order valence-corrected chi connectivity index (χ0v) is 32.9. The number of fused-ring (bicyclic) bond motifs is 9. The lowest BCUT2D eigenvalue weighted by molar-refractivity contribution is 0.741. The van der Waals surface area contributed by atoms with Gasteiger partial charge in [0.1, 0.15) is 12.0 Å². The lowest BCUT2D eigenvalue weighted by Gasteiger charge is -2.26. The van der Waals surface area contributed by atoms with Crippen LogP contribution in [0, 0.1) is 0 Å². The number of aliphatic imine (C=N–C) groups is 2. The number of rotatable bonds is 5. The second-order valence-electron chi connectivity index (χ2n) is 15.5. The van der Waals surface area contributed by atoms with Crippen molar-refractivity contribution in [2.75, 3.05) is 0 Å². The molecule has 3 aliphatic carbocycles. The third-order valence-corrected chi connectivity index (χ3v) is 14.8. The molecule has 12 rings (SSSR count). The predicted octanol–water partition coefficient (Wildman–Crippen LogP) is 10.6. The molecule has 3 atom stereocenters. The van der Waals surface area contributed by atoms with E-state index in [2.05, 4.69) is 168 Å². The van der Waals surface area contributed by atoms with E-state index in [1.807, 2.05) is 23.1 Å². The summed E-state index contributed by atoms with van der Waals surface area (Å²) < 4.78 is 3.85. The molecule has 0 fully saturated rings. The first kappa shape index (κ1) is 33.2. The first-order valence-electron chi connectivity index (χ1n) is 20.0. The van der Waals surface area contributed by atoms with Gasteiger partial charge in [0.2, 0.25) is 0 Å². The van der Waals surface area contributed by atoms with Crippen molar-refractivity contribution in [3.05, 3.63) is 188 Å². The van der Waals surface area contributed by atoms with Gasteiger partial charge in [0.05, 0.1) is 11.0 Å². The van der Waals surface area contributed by atoms with Gasteiger partial charge in [0.25, 0.3) is 0 Å². The highest BCUT2D eigenvalue weighted by Crippen LogP contribution is 2.51. The topological polar surface area (TPSA) is 41.7 Å². The number of para-hydroxylation sites is 2. The smallest absolute Gasteiger partial charge is 0.159 e. The number of benzene rings is 5. The fraction of sp³-hybridized carbons (Fsp3) is 0.137. The molecule has 5 aliphatic rings. The summed E-state index contributed by atoms with van der Waals surface area (Å²) in [4.78, 5) is 13.3. The number of hydrogen-bond acceptors (Lipinski definition) is 5. The van der Waals surface area contributed by atoms with Crippen molar-refractivity contribution in [3.63, 3.8) is 0 Å². The van der Waals surface area contributed by atoms with Crippen molar-refractivity contribution in [1.82, 2.24) is 9.88 Å². The number of thioether (sulfide) groups is 1. The predicted molar refractivity (Wildman–Crippen MR) is 241 cm³/mol. The Bertz CT molecular complexity index is 3030. The van der Waals surface area contributed by atoms with Gasteiger partial charge >= 0.3 is 0 Å². The highest BCUT2D eigenvalue weighted by molar-refractivity contribution is 8.00. The Morgan fingerprint density at radius 3 is 2.25 bits per heavy atom. The van der Waals surface area contributed by atoms with Gasteiger partial charge in [-0.15, -0.1) is 23.1 Å². The van der Waals surface area contributed by atoms with E-state index in [1.54, 1.807) is 0 Å². The molecule has 7 aromatic rings. The molecule has 0 radical (unpaired) electrons. The lowest BCUT2D eigenvalue weighted by atomic mass is 9.86. The first-order valence-corrected chi connectivity index (χ1v) is 21.7. The third-order valence-electron chi connectivity index (χ3n) is 12.2. The molecule has 2 aliphatic heterocycles. The van der Waals surface area contributed by atoms with Gasteiger partial charge in [0, 0.05) is 58.3 Å². The minimum atomic E-state index is -0.189. The number of thiophene rings is 1. The molecule has 57 heavy (non-hydrogen) atoms. The number of hydrogen-bond donors (Lipinski definition) is 1. The van der Waals surface area contributed by atoms with Crippen LogP contribution in [0.1, 0.15) is 57.9 Å². The van der Waals surface area contributed by atoms with Crippen LogP contribution < -0.4 is 15.1 Å². The lowest BCUT2D eigenvalue weighted by Crippen LogP contribution is -2.43. The van der Waals surface area contributed by atoms with E-state index >= 15 is 0 Å². The van der Waals surface area contributed by atoms with Gasteiger partial charge in [-0.25, -0.2) is 9.98 Å². The second-order valence-corrected chi connectivity index (χ2v) is 17.8. The van der Waals surface area contributed by atoms with E-state index in [9.17, 15) is 0 Å². The number of allylic oxidation sites excluding steroid dienone is 4. The zero-order valence-electron chi connectivity index (χ0n) is 31.2. The summed E-state index contributed by atoms with van der Waals surface area (Å²) in [5.74, 6) is 2.02. The maximum Gasteiger partial charge on any atom is 0.159 e. The molecule has 1 N–H and O–H groups in total. The maximum atomic E-state index is 5.32. The van der Waals surface area contributed by atoms with Crippen molar-refractivity contribution in [2.45, 2.75) is 47.9 Å². The van der Waals surface area contributed by atoms with Gasteiger partial charge in [-0.3, -0.25) is 0 Å². The van der Waals surface area contributed by atoms with Crippen LogP contribution in [0.25, 0.3) is 50.8 Å². The number of nitrogens with one attached hydrogen (secondary N) is 1. The summed E-state index contributed by atoms with van der Waals surface area (Å²) in [6.45, 7) is 0. The van der Waals surface area contributed by atoms with Gasteiger partial charge in [-0.1, -0.05) is 115 Å². The van der Waals surface area contributed by atoms with E-state index in [0.717, 1.165) is 48.5 Å². The fourth-order valence-corrected chi connectivity index (χ4v) is 12.2. The van der Waals surface area contributed by atoms with Crippen LogP contribution in [-0.4, -0.2) is 27.7 Å². The minimum Gasteiger partial charge on any atom is -0.344 e. The molecule has 5 aromatic carbocycles. The van der Waals surface area contributed by atoms with Gasteiger partial charge in [0.15, 0.2) is 5.84 Å². The summed E-state index contributed by atoms with van der Waals surface area (Å²) in [6.07, 6.45) is 16.2. The van der Waals surface area contributed by atoms with Gasteiger partial charge < -0.3 is 9.88 Å². The summed E-state index contributed by atoms with van der Waals surface area (Å²) in [5, 5.41) is 8.15. The second kappa shape index (κ2) is 13.3. The highest BCUT2D eigenvalue weighted by Gasteiger charge is 2.34. The van der Waals surface area contributed by atoms with Crippen LogP contribution in [0.2, 0.25) is 0 Å². The molecule has 3 unspecified atom stereocenters. The van der Waals surface area contributed by atoms with Crippen LogP contribution >= 0.6 is 23.1 Å². The Morgan fingerprint density at radius 1 is 0.719 bits per heavy atom. The highest BCUT2D eigenvalue weighted by atomic mass is 32.2. The normalized spacial score (nSPS) is 20.7. The van der Waals surface area contributed by atoms with Crippen LogP contribution in [0.5, 0.6) is 0 Å². The van der Waals surface area contributed by atoms with Crippen LogP contribution in [-0.2, 0) is 6.42 Å². The molecular weight excluding hydrogens is 733 g/mol. The minimum absolute atomic E-state index is 0.189. The number of nitrogens with zero attached hydrogens (tertiary/aromatic N) is 3. The molecule has 4 nitrogen and oxygen atoms in total. The average Bonchev–Trinajstić information content (AvgIpc) is 3.95. The van der Waals surface area contributed by atoms with E-state index < -0.39 is 0 Å². The van der Waals surface area contributed by atoms with Crippen LogP contribution in [0.15, 0.2) is 161 Å². The molecule has 0 bridgehead atoms.